The maximum atomic E-state index is 12.4. The molecule has 1 saturated heterocycles. The lowest BCUT2D eigenvalue weighted by atomic mass is 9.76. The highest BCUT2D eigenvalue weighted by molar-refractivity contribution is 5.98. The van der Waals surface area contributed by atoms with Crippen LogP contribution in [0, 0.1) is 0 Å². The standard InChI is InChI=1S/C23H29N9O2/c1-3-11-32-13-16-14(20(32)33)5-6-17(27-16)28-22-26-12-15(18(24)29-22)19-30-21(31-34-19)23(4-2)7-9-25-10-8-23/h5-6,12,25H,3-4,7-11,13H2,1-2H3,(H3,24,26,27,28,29). The number of rotatable bonds is 7. The van der Waals surface area contributed by atoms with E-state index < -0.39 is 0 Å². The number of anilines is 3. The summed E-state index contributed by atoms with van der Waals surface area (Å²) in [5.41, 5.74) is 8.01. The Kier molecular flexibility index (Phi) is 5.86. The quantitative estimate of drug-likeness (QED) is 0.477. The van der Waals surface area contributed by atoms with Gasteiger partial charge in [0.1, 0.15) is 17.2 Å². The molecule has 2 aliphatic rings. The van der Waals surface area contributed by atoms with E-state index in [1.165, 1.54) is 0 Å². The third-order valence-corrected chi connectivity index (χ3v) is 6.75. The molecule has 0 spiro atoms. The number of nitrogen functional groups attached to an aromatic ring is 1. The lowest BCUT2D eigenvalue weighted by Crippen LogP contribution is -2.40. The SMILES string of the molecule is CCCN1Cc2nc(Nc3ncc(-c4nc(C5(CC)CCNCC5)no4)c(N)n3)ccc2C1=O. The molecule has 34 heavy (non-hydrogen) atoms. The highest BCUT2D eigenvalue weighted by Crippen LogP contribution is 2.36. The third-order valence-electron chi connectivity index (χ3n) is 6.75. The number of amides is 1. The molecule has 11 heteroatoms. The van der Waals surface area contributed by atoms with Gasteiger partial charge in [-0.15, -0.1) is 0 Å². The van der Waals surface area contributed by atoms with Crippen molar-refractivity contribution in [2.45, 2.75) is 51.5 Å². The number of fused-ring (bicyclic) bond motifs is 1. The van der Waals surface area contributed by atoms with Crippen molar-refractivity contribution in [3.05, 3.63) is 35.4 Å². The first-order valence-electron chi connectivity index (χ1n) is 11.8. The van der Waals surface area contributed by atoms with Gasteiger partial charge in [-0.3, -0.25) is 4.79 Å². The van der Waals surface area contributed by atoms with Crippen LogP contribution in [0.25, 0.3) is 11.5 Å². The molecule has 4 N–H and O–H groups in total. The Morgan fingerprint density at radius 3 is 2.74 bits per heavy atom. The zero-order chi connectivity index (χ0) is 23.7. The molecule has 0 aromatic carbocycles. The van der Waals surface area contributed by atoms with Gasteiger partial charge in [-0.25, -0.2) is 9.97 Å². The van der Waals surface area contributed by atoms with Gasteiger partial charge in [-0.2, -0.15) is 9.97 Å². The molecular weight excluding hydrogens is 434 g/mol. The van der Waals surface area contributed by atoms with Crippen LogP contribution in [0.2, 0.25) is 0 Å². The number of hydrogen-bond donors (Lipinski definition) is 3. The zero-order valence-electron chi connectivity index (χ0n) is 19.5. The van der Waals surface area contributed by atoms with Crippen molar-refractivity contribution < 1.29 is 9.32 Å². The largest absolute Gasteiger partial charge is 0.383 e. The lowest BCUT2D eigenvalue weighted by Gasteiger charge is -2.33. The Morgan fingerprint density at radius 1 is 1.18 bits per heavy atom. The first kappa shape index (κ1) is 22.2. The van der Waals surface area contributed by atoms with Crippen LogP contribution in [0.4, 0.5) is 17.6 Å². The summed E-state index contributed by atoms with van der Waals surface area (Å²) >= 11 is 0. The van der Waals surface area contributed by atoms with Crippen molar-refractivity contribution in [1.29, 1.82) is 0 Å². The predicted octanol–water partition coefficient (Wildman–Crippen LogP) is 2.64. The second-order valence-corrected chi connectivity index (χ2v) is 8.84. The zero-order valence-corrected chi connectivity index (χ0v) is 19.5. The molecule has 1 amide bonds. The summed E-state index contributed by atoms with van der Waals surface area (Å²) in [7, 11) is 0. The van der Waals surface area contributed by atoms with E-state index in [0.29, 0.717) is 47.7 Å². The average molecular weight is 464 g/mol. The molecule has 2 aliphatic heterocycles. The van der Waals surface area contributed by atoms with Gasteiger partial charge >= 0.3 is 0 Å². The minimum Gasteiger partial charge on any atom is -0.383 e. The monoisotopic (exact) mass is 463 g/mol. The summed E-state index contributed by atoms with van der Waals surface area (Å²) in [6.07, 6.45) is 5.35. The number of carbonyl (C=O) groups excluding carboxylic acids is 1. The van der Waals surface area contributed by atoms with Gasteiger partial charge in [0.05, 0.1) is 17.8 Å². The van der Waals surface area contributed by atoms with E-state index in [1.807, 2.05) is 6.92 Å². The van der Waals surface area contributed by atoms with Gasteiger partial charge in [-0.1, -0.05) is 19.0 Å². The predicted molar refractivity (Wildman–Crippen MR) is 126 cm³/mol. The van der Waals surface area contributed by atoms with Gasteiger partial charge < -0.3 is 25.8 Å². The molecular formula is C23H29N9O2. The fourth-order valence-corrected chi connectivity index (χ4v) is 4.68. The molecule has 1 fully saturated rings. The average Bonchev–Trinajstić information content (AvgIpc) is 3.45. The van der Waals surface area contributed by atoms with Crippen molar-refractivity contribution in [1.82, 2.24) is 35.3 Å². The molecule has 0 atom stereocenters. The number of carbonyl (C=O) groups is 1. The molecule has 0 radical (unpaired) electrons. The molecule has 3 aromatic rings. The van der Waals surface area contributed by atoms with E-state index in [-0.39, 0.29) is 17.1 Å². The van der Waals surface area contributed by atoms with Crippen LogP contribution in [0.3, 0.4) is 0 Å². The van der Waals surface area contributed by atoms with E-state index in [9.17, 15) is 4.79 Å². The molecule has 11 nitrogen and oxygen atoms in total. The molecule has 5 heterocycles. The van der Waals surface area contributed by atoms with E-state index in [0.717, 1.165) is 44.5 Å². The second kappa shape index (κ2) is 8.98. The van der Waals surface area contributed by atoms with Gasteiger partial charge in [-0.05, 0) is 50.9 Å². The summed E-state index contributed by atoms with van der Waals surface area (Å²) < 4.78 is 5.55. The van der Waals surface area contributed by atoms with Crippen molar-refractivity contribution in [2.75, 3.05) is 30.7 Å². The highest BCUT2D eigenvalue weighted by Gasteiger charge is 2.37. The van der Waals surface area contributed by atoms with Crippen LogP contribution in [0.5, 0.6) is 0 Å². The maximum Gasteiger partial charge on any atom is 0.263 e. The maximum absolute atomic E-state index is 12.4. The molecule has 3 aromatic heterocycles. The molecule has 0 bridgehead atoms. The minimum absolute atomic E-state index is 0.0222. The van der Waals surface area contributed by atoms with E-state index in [4.69, 9.17) is 10.3 Å². The number of nitrogens with two attached hydrogens (primary N) is 1. The van der Waals surface area contributed by atoms with Crippen LogP contribution in [-0.2, 0) is 12.0 Å². The number of hydrogen-bond acceptors (Lipinski definition) is 10. The van der Waals surface area contributed by atoms with Crippen LogP contribution in [-0.4, -0.2) is 55.5 Å². The van der Waals surface area contributed by atoms with E-state index in [2.05, 4.69) is 42.6 Å². The smallest absolute Gasteiger partial charge is 0.263 e. The van der Waals surface area contributed by atoms with Gasteiger partial charge in [0.15, 0.2) is 5.82 Å². The normalized spacial score (nSPS) is 17.1. The number of nitrogens with zero attached hydrogens (tertiary/aromatic N) is 6. The molecule has 0 aliphatic carbocycles. The van der Waals surface area contributed by atoms with Crippen molar-refractivity contribution in [2.24, 2.45) is 0 Å². The molecule has 0 unspecified atom stereocenters. The fraction of sp³-hybridized carbons (Fsp3) is 0.478. The number of aromatic nitrogens is 5. The minimum atomic E-state index is -0.0859. The Morgan fingerprint density at radius 2 is 2.00 bits per heavy atom. The van der Waals surface area contributed by atoms with Crippen LogP contribution in [0.1, 0.15) is 61.4 Å². The van der Waals surface area contributed by atoms with Gasteiger partial charge in [0.25, 0.3) is 11.8 Å². The Hall–Kier alpha value is -3.60. The first-order chi connectivity index (χ1) is 16.5. The number of pyridine rings is 1. The Balaban J connectivity index is 1.33. The van der Waals surface area contributed by atoms with Gasteiger partial charge in [0, 0.05) is 18.2 Å². The Labute approximate surface area is 197 Å². The number of piperidine rings is 1. The summed E-state index contributed by atoms with van der Waals surface area (Å²) in [6.45, 7) is 7.30. The van der Waals surface area contributed by atoms with E-state index >= 15 is 0 Å². The second-order valence-electron chi connectivity index (χ2n) is 8.84. The van der Waals surface area contributed by atoms with Crippen molar-refractivity contribution >= 4 is 23.5 Å². The lowest BCUT2D eigenvalue weighted by molar-refractivity contribution is 0.0778. The first-order valence-corrected chi connectivity index (χ1v) is 11.8. The van der Waals surface area contributed by atoms with Gasteiger partial charge in [0.2, 0.25) is 5.95 Å². The molecule has 178 valence electrons. The highest BCUT2D eigenvalue weighted by atomic mass is 16.5. The van der Waals surface area contributed by atoms with Crippen LogP contribution < -0.4 is 16.4 Å². The molecule has 0 saturated carbocycles. The number of nitrogens with one attached hydrogen (secondary N) is 2. The van der Waals surface area contributed by atoms with E-state index in [1.54, 1.807) is 23.2 Å². The molecule has 5 rings (SSSR count). The summed E-state index contributed by atoms with van der Waals surface area (Å²) in [4.78, 5) is 32.2. The third kappa shape index (κ3) is 3.96. The summed E-state index contributed by atoms with van der Waals surface area (Å²) in [5, 5.41) is 10.7. The fourth-order valence-electron chi connectivity index (χ4n) is 4.68. The Bertz CT molecular complexity index is 1200. The topological polar surface area (TPSA) is 148 Å². The van der Waals surface area contributed by atoms with Crippen molar-refractivity contribution in [3.8, 4) is 11.5 Å². The van der Waals surface area contributed by atoms with Crippen LogP contribution >= 0.6 is 0 Å². The van der Waals surface area contributed by atoms with Crippen molar-refractivity contribution in [3.63, 3.8) is 0 Å². The summed E-state index contributed by atoms with van der Waals surface area (Å²) in [6, 6.07) is 3.53. The van der Waals surface area contributed by atoms with Crippen LogP contribution in [0.15, 0.2) is 22.9 Å². The summed E-state index contributed by atoms with van der Waals surface area (Å²) in [5.74, 6) is 2.13.